The van der Waals surface area contributed by atoms with Crippen molar-refractivity contribution < 1.29 is 18.0 Å². The quantitative estimate of drug-likeness (QED) is 0.878. The number of amides is 2. The van der Waals surface area contributed by atoms with Gasteiger partial charge >= 0.3 is 0 Å². The van der Waals surface area contributed by atoms with Crippen LogP contribution in [0.15, 0.2) is 23.3 Å². The Balaban J connectivity index is 1.79. The van der Waals surface area contributed by atoms with E-state index in [0.29, 0.717) is 12.1 Å². The Labute approximate surface area is 147 Å². The molecule has 1 saturated heterocycles. The molecule has 0 aliphatic carbocycles. The van der Waals surface area contributed by atoms with Crippen LogP contribution in [-0.2, 0) is 19.4 Å². The summed E-state index contributed by atoms with van der Waals surface area (Å²) in [5, 5.41) is 8.22. The Morgan fingerprint density at radius 1 is 1.28 bits per heavy atom. The molecule has 3 rings (SSSR count). The fraction of sp³-hybridized carbons (Fsp3) is 0.471. The number of hydrogen-bond acceptors (Lipinski definition) is 5. The van der Waals surface area contributed by atoms with Crippen molar-refractivity contribution in [3.05, 3.63) is 29.3 Å². The van der Waals surface area contributed by atoms with E-state index in [9.17, 15) is 18.0 Å². The van der Waals surface area contributed by atoms with Crippen molar-refractivity contribution in [1.82, 2.24) is 5.01 Å². The second kappa shape index (κ2) is 6.59. The summed E-state index contributed by atoms with van der Waals surface area (Å²) in [4.78, 5) is 24.6. The average Bonchev–Trinajstić information content (AvgIpc) is 2.91. The van der Waals surface area contributed by atoms with Gasteiger partial charge in [0.2, 0.25) is 5.91 Å². The molecule has 1 atom stereocenters. The van der Waals surface area contributed by atoms with Gasteiger partial charge < -0.3 is 5.32 Å². The van der Waals surface area contributed by atoms with E-state index in [2.05, 4.69) is 10.4 Å². The van der Waals surface area contributed by atoms with E-state index in [1.165, 1.54) is 5.01 Å². The molecule has 2 heterocycles. The predicted molar refractivity (Wildman–Crippen MR) is 95.1 cm³/mol. The third-order valence-corrected chi connectivity index (χ3v) is 6.27. The summed E-state index contributed by atoms with van der Waals surface area (Å²) in [6, 6.07) is 5.29. The molecule has 1 fully saturated rings. The molecule has 1 N–H and O–H groups in total. The Morgan fingerprint density at radius 3 is 2.72 bits per heavy atom. The molecular weight excluding hydrogens is 342 g/mol. The number of nitrogens with zero attached hydrogens (tertiary/aromatic N) is 2. The fourth-order valence-corrected chi connectivity index (χ4v) is 4.75. The van der Waals surface area contributed by atoms with Crippen LogP contribution in [0.3, 0.4) is 0 Å². The molecule has 8 heteroatoms. The highest BCUT2D eigenvalue weighted by Crippen LogP contribution is 2.23. The number of sulfone groups is 1. The molecule has 0 bridgehead atoms. The van der Waals surface area contributed by atoms with E-state index in [0.717, 1.165) is 11.1 Å². The van der Waals surface area contributed by atoms with E-state index in [4.69, 9.17) is 0 Å². The van der Waals surface area contributed by atoms with Gasteiger partial charge in [-0.1, -0.05) is 12.1 Å². The molecule has 2 amide bonds. The summed E-state index contributed by atoms with van der Waals surface area (Å²) in [5.74, 6) is -0.618. The number of anilines is 1. The lowest BCUT2D eigenvalue weighted by Crippen LogP contribution is -2.42. The van der Waals surface area contributed by atoms with Crippen LogP contribution in [0.2, 0.25) is 0 Å². The van der Waals surface area contributed by atoms with Crippen LogP contribution < -0.4 is 5.32 Å². The van der Waals surface area contributed by atoms with Gasteiger partial charge in [-0.3, -0.25) is 9.59 Å². The van der Waals surface area contributed by atoms with E-state index in [1.54, 1.807) is 0 Å². The lowest BCUT2D eigenvalue weighted by atomic mass is 10.1. The second-order valence-electron chi connectivity index (χ2n) is 6.61. The molecule has 7 nitrogen and oxygen atoms in total. The lowest BCUT2D eigenvalue weighted by molar-refractivity contribution is -0.133. The molecule has 2 aliphatic heterocycles. The Kier molecular flexibility index (Phi) is 4.64. The average molecular weight is 363 g/mol. The van der Waals surface area contributed by atoms with Gasteiger partial charge in [-0.15, -0.1) is 0 Å². The topological polar surface area (TPSA) is 95.9 Å². The minimum atomic E-state index is -3.13. The van der Waals surface area contributed by atoms with Gasteiger partial charge in [0.15, 0.2) is 9.84 Å². The van der Waals surface area contributed by atoms with Gasteiger partial charge in [0.25, 0.3) is 5.91 Å². The van der Waals surface area contributed by atoms with Crippen molar-refractivity contribution in [3.8, 4) is 0 Å². The SMILES string of the molecule is Cc1ccc(C)c(NC(=O)C2=NN(C3CCS(=O)(=O)C3)C(=O)CC2)c1. The third kappa shape index (κ3) is 3.89. The number of hydrogen-bond donors (Lipinski definition) is 1. The third-order valence-electron chi connectivity index (χ3n) is 4.52. The van der Waals surface area contributed by atoms with Crippen molar-refractivity contribution >= 4 is 33.1 Å². The first-order valence-corrected chi connectivity index (χ1v) is 10.1. The summed E-state index contributed by atoms with van der Waals surface area (Å²) in [6.07, 6.45) is 0.782. The predicted octanol–water partition coefficient (Wildman–Crippen LogP) is 1.41. The largest absolute Gasteiger partial charge is 0.321 e. The van der Waals surface area contributed by atoms with Gasteiger partial charge in [-0.05, 0) is 37.5 Å². The standard InChI is InChI=1S/C17H21N3O4S/c1-11-3-4-12(2)15(9-11)18-17(22)14-5-6-16(21)20(19-14)13-7-8-25(23,24)10-13/h3-4,9,13H,5-8,10H2,1-2H3,(H,18,22). The highest BCUT2D eigenvalue weighted by molar-refractivity contribution is 7.91. The monoisotopic (exact) mass is 363 g/mol. The minimum absolute atomic E-state index is 0.0565. The van der Waals surface area contributed by atoms with Crippen LogP contribution in [0.1, 0.15) is 30.4 Å². The van der Waals surface area contributed by atoms with Crippen molar-refractivity contribution in [3.63, 3.8) is 0 Å². The van der Waals surface area contributed by atoms with Crippen molar-refractivity contribution in [2.24, 2.45) is 5.10 Å². The number of carbonyl (C=O) groups is 2. The number of aryl methyl sites for hydroxylation is 2. The van der Waals surface area contributed by atoms with Crippen molar-refractivity contribution in [2.45, 2.75) is 39.2 Å². The van der Waals surface area contributed by atoms with Crippen LogP contribution in [0.25, 0.3) is 0 Å². The van der Waals surface area contributed by atoms with Crippen molar-refractivity contribution in [2.75, 3.05) is 16.8 Å². The lowest BCUT2D eigenvalue weighted by Gasteiger charge is -2.27. The molecule has 1 unspecified atom stereocenters. The molecular formula is C17H21N3O4S. The molecule has 0 radical (unpaired) electrons. The molecule has 0 saturated carbocycles. The molecule has 134 valence electrons. The fourth-order valence-electron chi connectivity index (χ4n) is 3.05. The molecule has 0 spiro atoms. The maximum atomic E-state index is 12.5. The smallest absolute Gasteiger partial charge is 0.271 e. The maximum absolute atomic E-state index is 12.5. The molecule has 1 aromatic carbocycles. The molecule has 25 heavy (non-hydrogen) atoms. The molecule has 2 aliphatic rings. The van der Waals surface area contributed by atoms with Crippen LogP contribution in [0, 0.1) is 13.8 Å². The van der Waals surface area contributed by atoms with Gasteiger partial charge in [0.05, 0.1) is 17.5 Å². The highest BCUT2D eigenvalue weighted by atomic mass is 32.2. The van der Waals surface area contributed by atoms with E-state index < -0.39 is 15.9 Å². The van der Waals surface area contributed by atoms with E-state index in [1.807, 2.05) is 32.0 Å². The summed E-state index contributed by atoms with van der Waals surface area (Å²) < 4.78 is 23.3. The zero-order chi connectivity index (χ0) is 18.2. The van der Waals surface area contributed by atoms with Gasteiger partial charge in [-0.25, -0.2) is 13.4 Å². The second-order valence-corrected chi connectivity index (χ2v) is 8.84. The van der Waals surface area contributed by atoms with E-state index in [-0.39, 0.29) is 41.9 Å². The summed E-state index contributed by atoms with van der Waals surface area (Å²) in [7, 11) is -3.13. The Hall–Kier alpha value is -2.22. The minimum Gasteiger partial charge on any atom is -0.321 e. The van der Waals surface area contributed by atoms with Crippen LogP contribution in [0.5, 0.6) is 0 Å². The summed E-state index contributed by atoms with van der Waals surface area (Å²) in [6.45, 7) is 3.84. The van der Waals surface area contributed by atoms with Crippen molar-refractivity contribution in [1.29, 1.82) is 0 Å². The molecule has 1 aromatic rings. The van der Waals surface area contributed by atoms with Gasteiger partial charge in [0.1, 0.15) is 5.71 Å². The number of benzene rings is 1. The number of carbonyl (C=O) groups excluding carboxylic acids is 2. The zero-order valence-electron chi connectivity index (χ0n) is 14.3. The Morgan fingerprint density at radius 2 is 2.04 bits per heavy atom. The number of hydrazone groups is 1. The number of nitrogens with one attached hydrogen (secondary N) is 1. The first-order chi connectivity index (χ1) is 11.7. The van der Waals surface area contributed by atoms with Crippen LogP contribution in [-0.4, -0.2) is 48.5 Å². The van der Waals surface area contributed by atoms with Gasteiger partial charge in [0, 0.05) is 18.5 Å². The number of rotatable bonds is 3. The molecule has 0 aromatic heterocycles. The first kappa shape index (κ1) is 17.6. The Bertz CT molecular complexity index is 861. The summed E-state index contributed by atoms with van der Waals surface area (Å²) >= 11 is 0. The van der Waals surface area contributed by atoms with E-state index >= 15 is 0 Å². The zero-order valence-corrected chi connectivity index (χ0v) is 15.1. The highest BCUT2D eigenvalue weighted by Gasteiger charge is 2.37. The van der Waals surface area contributed by atoms with Crippen LogP contribution in [0.4, 0.5) is 5.69 Å². The first-order valence-electron chi connectivity index (χ1n) is 8.24. The maximum Gasteiger partial charge on any atom is 0.271 e. The van der Waals surface area contributed by atoms with Crippen LogP contribution >= 0.6 is 0 Å². The van der Waals surface area contributed by atoms with Gasteiger partial charge in [-0.2, -0.15) is 5.10 Å². The normalized spacial score (nSPS) is 22.6. The summed E-state index contributed by atoms with van der Waals surface area (Å²) in [5.41, 5.74) is 2.93.